The first-order chi connectivity index (χ1) is 9.53. The van der Waals surface area contributed by atoms with E-state index in [4.69, 9.17) is 4.98 Å². The molecule has 0 fully saturated rings. The number of aromatic nitrogens is 2. The van der Waals surface area contributed by atoms with Crippen molar-refractivity contribution < 1.29 is 0 Å². The van der Waals surface area contributed by atoms with Gasteiger partial charge >= 0.3 is 0 Å². The first-order valence-electron chi connectivity index (χ1n) is 7.87. The number of aryl methyl sites for hydroxylation is 1. The largest absolute Gasteiger partial charge is 0.354 e. The molecule has 0 aliphatic heterocycles. The lowest BCUT2D eigenvalue weighted by Gasteiger charge is -2.34. The molecule has 0 saturated heterocycles. The summed E-state index contributed by atoms with van der Waals surface area (Å²) in [5.74, 6) is 2.43. The Morgan fingerprint density at radius 2 is 1.85 bits per heavy atom. The summed E-state index contributed by atoms with van der Waals surface area (Å²) in [5.41, 5.74) is 1.15. The topological polar surface area (TPSA) is 41.1 Å². The first kappa shape index (κ1) is 16.7. The summed E-state index contributed by atoms with van der Waals surface area (Å²) >= 11 is 0. The predicted molar refractivity (Wildman–Crippen MR) is 87.5 cm³/mol. The molecule has 0 unspecified atom stereocenters. The van der Waals surface area contributed by atoms with Gasteiger partial charge in [-0.05, 0) is 32.6 Å². The molecule has 1 aromatic heterocycles. The van der Waals surface area contributed by atoms with Crippen LogP contribution in [-0.4, -0.2) is 29.1 Å². The van der Waals surface area contributed by atoms with E-state index < -0.39 is 0 Å². The summed E-state index contributed by atoms with van der Waals surface area (Å²) in [5, 5.41) is 3.21. The Morgan fingerprint density at radius 3 is 2.35 bits per heavy atom. The average molecular weight is 278 g/mol. The molecule has 114 valence electrons. The SMILES string of the molecule is CCNc1ncc(C)c(N(CC(C)C)C(CC)CC)n1. The minimum absolute atomic E-state index is 0.542. The van der Waals surface area contributed by atoms with E-state index in [0.29, 0.717) is 12.0 Å². The highest BCUT2D eigenvalue weighted by Gasteiger charge is 2.20. The second-order valence-corrected chi connectivity index (χ2v) is 5.75. The van der Waals surface area contributed by atoms with E-state index in [9.17, 15) is 0 Å². The molecule has 0 amide bonds. The van der Waals surface area contributed by atoms with Crippen LogP contribution in [0.3, 0.4) is 0 Å². The number of nitrogens with one attached hydrogen (secondary N) is 1. The Hall–Kier alpha value is -1.32. The van der Waals surface area contributed by atoms with Crippen LogP contribution >= 0.6 is 0 Å². The molecular formula is C16H30N4. The third-order valence-electron chi connectivity index (χ3n) is 3.50. The number of anilines is 2. The van der Waals surface area contributed by atoms with Crippen molar-refractivity contribution in [2.24, 2.45) is 5.92 Å². The van der Waals surface area contributed by atoms with Crippen LogP contribution in [0.5, 0.6) is 0 Å². The molecule has 1 rings (SSSR count). The van der Waals surface area contributed by atoms with Gasteiger partial charge < -0.3 is 10.2 Å². The maximum absolute atomic E-state index is 4.74. The van der Waals surface area contributed by atoms with Crippen LogP contribution in [0.4, 0.5) is 11.8 Å². The average Bonchev–Trinajstić information content (AvgIpc) is 2.41. The fourth-order valence-electron chi connectivity index (χ4n) is 2.50. The van der Waals surface area contributed by atoms with Crippen molar-refractivity contribution in [3.8, 4) is 0 Å². The zero-order chi connectivity index (χ0) is 15.1. The van der Waals surface area contributed by atoms with E-state index in [1.165, 1.54) is 0 Å². The summed E-state index contributed by atoms with van der Waals surface area (Å²) in [6.07, 6.45) is 4.21. The zero-order valence-electron chi connectivity index (χ0n) is 13.9. The Balaban J connectivity index is 3.13. The van der Waals surface area contributed by atoms with Gasteiger partial charge in [-0.25, -0.2) is 4.98 Å². The number of hydrogen-bond acceptors (Lipinski definition) is 4. The predicted octanol–water partition coefficient (Wildman–Crippen LogP) is 3.87. The Morgan fingerprint density at radius 1 is 1.20 bits per heavy atom. The minimum Gasteiger partial charge on any atom is -0.354 e. The molecule has 20 heavy (non-hydrogen) atoms. The van der Waals surface area contributed by atoms with Crippen molar-refractivity contribution in [2.75, 3.05) is 23.3 Å². The number of hydrogen-bond donors (Lipinski definition) is 1. The molecule has 0 bridgehead atoms. The van der Waals surface area contributed by atoms with Crippen molar-refractivity contribution in [1.82, 2.24) is 9.97 Å². The van der Waals surface area contributed by atoms with Gasteiger partial charge in [-0.2, -0.15) is 4.98 Å². The summed E-state index contributed by atoms with van der Waals surface area (Å²) < 4.78 is 0. The highest BCUT2D eigenvalue weighted by Crippen LogP contribution is 2.24. The first-order valence-corrected chi connectivity index (χ1v) is 7.87. The zero-order valence-corrected chi connectivity index (χ0v) is 13.9. The Kier molecular flexibility index (Phi) is 6.76. The summed E-state index contributed by atoms with van der Waals surface area (Å²) in [7, 11) is 0. The van der Waals surface area contributed by atoms with E-state index >= 15 is 0 Å². The lowest BCUT2D eigenvalue weighted by Crippen LogP contribution is -2.38. The van der Waals surface area contributed by atoms with E-state index in [1.807, 2.05) is 6.20 Å². The van der Waals surface area contributed by atoms with Gasteiger partial charge in [-0.3, -0.25) is 0 Å². The molecule has 0 radical (unpaired) electrons. The van der Waals surface area contributed by atoms with Gasteiger partial charge in [-0.15, -0.1) is 0 Å². The Labute approximate surface area is 124 Å². The molecule has 0 spiro atoms. The van der Waals surface area contributed by atoms with Crippen molar-refractivity contribution in [2.45, 2.75) is 60.4 Å². The quantitative estimate of drug-likeness (QED) is 0.784. The van der Waals surface area contributed by atoms with Gasteiger partial charge in [0.05, 0.1) is 0 Å². The highest BCUT2D eigenvalue weighted by molar-refractivity contribution is 5.49. The number of rotatable bonds is 8. The third kappa shape index (κ3) is 4.36. The highest BCUT2D eigenvalue weighted by atomic mass is 15.2. The summed E-state index contributed by atoms with van der Waals surface area (Å²) in [4.78, 5) is 11.5. The molecule has 0 atom stereocenters. The second-order valence-electron chi connectivity index (χ2n) is 5.75. The third-order valence-corrected chi connectivity index (χ3v) is 3.50. The van der Waals surface area contributed by atoms with Crippen molar-refractivity contribution in [3.63, 3.8) is 0 Å². The van der Waals surface area contributed by atoms with E-state index in [-0.39, 0.29) is 0 Å². The van der Waals surface area contributed by atoms with Crippen LogP contribution in [0.15, 0.2) is 6.20 Å². The van der Waals surface area contributed by atoms with Crippen molar-refractivity contribution in [1.29, 1.82) is 0 Å². The maximum atomic E-state index is 4.74. The normalized spacial score (nSPS) is 11.2. The fraction of sp³-hybridized carbons (Fsp3) is 0.750. The van der Waals surface area contributed by atoms with E-state index in [1.54, 1.807) is 0 Å². The van der Waals surface area contributed by atoms with Gasteiger partial charge in [0.2, 0.25) is 5.95 Å². The van der Waals surface area contributed by atoms with Gasteiger partial charge in [0, 0.05) is 30.9 Å². The van der Waals surface area contributed by atoms with Crippen LogP contribution in [-0.2, 0) is 0 Å². The van der Waals surface area contributed by atoms with Gasteiger partial charge in [0.25, 0.3) is 0 Å². The molecule has 1 N–H and O–H groups in total. The maximum Gasteiger partial charge on any atom is 0.224 e. The van der Waals surface area contributed by atoms with Gasteiger partial charge in [0.1, 0.15) is 5.82 Å². The fourth-order valence-corrected chi connectivity index (χ4v) is 2.50. The van der Waals surface area contributed by atoms with Crippen LogP contribution in [0.2, 0.25) is 0 Å². The molecule has 0 aliphatic carbocycles. The lowest BCUT2D eigenvalue weighted by atomic mass is 10.1. The number of nitrogens with zero attached hydrogens (tertiary/aromatic N) is 3. The molecule has 4 nitrogen and oxygen atoms in total. The van der Waals surface area contributed by atoms with Crippen LogP contribution < -0.4 is 10.2 Å². The van der Waals surface area contributed by atoms with E-state index in [0.717, 1.165) is 43.3 Å². The van der Waals surface area contributed by atoms with Crippen LogP contribution in [0.25, 0.3) is 0 Å². The second kappa shape index (κ2) is 8.08. The van der Waals surface area contributed by atoms with Gasteiger partial charge in [0.15, 0.2) is 0 Å². The van der Waals surface area contributed by atoms with Crippen LogP contribution in [0.1, 0.15) is 53.0 Å². The molecule has 0 aromatic carbocycles. The smallest absolute Gasteiger partial charge is 0.224 e. The van der Waals surface area contributed by atoms with Crippen molar-refractivity contribution in [3.05, 3.63) is 11.8 Å². The monoisotopic (exact) mass is 278 g/mol. The molecular weight excluding hydrogens is 248 g/mol. The minimum atomic E-state index is 0.542. The molecule has 1 aromatic rings. The molecule has 0 saturated carbocycles. The summed E-state index contributed by atoms with van der Waals surface area (Å²) in [6.45, 7) is 15.1. The summed E-state index contributed by atoms with van der Waals surface area (Å²) in [6, 6.07) is 0.542. The lowest BCUT2D eigenvalue weighted by molar-refractivity contribution is 0.502. The van der Waals surface area contributed by atoms with Crippen molar-refractivity contribution >= 4 is 11.8 Å². The standard InChI is InChI=1S/C16H30N4/c1-7-14(8-2)20(11-12(4)5)15-13(6)10-18-16(19-15)17-9-3/h10,12,14H,7-9,11H2,1-6H3,(H,17,18,19). The van der Waals surface area contributed by atoms with Gasteiger partial charge in [-0.1, -0.05) is 27.7 Å². The Bertz CT molecular complexity index is 399. The molecule has 0 aliphatic rings. The molecule has 4 heteroatoms. The van der Waals surface area contributed by atoms with E-state index in [2.05, 4.69) is 56.7 Å². The molecule has 1 heterocycles. The van der Waals surface area contributed by atoms with Crippen LogP contribution in [0, 0.1) is 12.8 Å².